The van der Waals surface area contributed by atoms with Gasteiger partial charge in [0.1, 0.15) is 17.9 Å². The molecule has 9 heteroatoms. The van der Waals surface area contributed by atoms with Crippen molar-refractivity contribution >= 4 is 40.9 Å². The number of hydrogen-bond donors (Lipinski definition) is 2. The summed E-state index contributed by atoms with van der Waals surface area (Å²) in [7, 11) is 0. The van der Waals surface area contributed by atoms with Crippen molar-refractivity contribution in [1.29, 1.82) is 0 Å². The number of carbonyl (C=O) groups is 2. The third-order valence-electron chi connectivity index (χ3n) is 5.20. The Morgan fingerprint density at radius 3 is 2.75 bits per heavy atom. The number of halogens is 2. The van der Waals surface area contributed by atoms with Crippen molar-refractivity contribution < 1.29 is 14.7 Å². The molecule has 1 amide bonds. The predicted molar refractivity (Wildman–Crippen MR) is 106 cm³/mol. The quantitative estimate of drug-likeness (QED) is 0.792. The topological polar surface area (TPSA) is 87.5 Å². The van der Waals surface area contributed by atoms with Gasteiger partial charge in [-0.3, -0.25) is 4.79 Å². The first kappa shape index (κ1) is 18.8. The van der Waals surface area contributed by atoms with Gasteiger partial charge >= 0.3 is 5.97 Å². The average Bonchev–Trinajstić information content (AvgIpc) is 3.31. The standard InChI is InChI=1S/C19H18Cl2N4O3/c1-10-16(18(26)24-8-2-3-14(24)19(27)28)17(25-15(23-10)6-7-22-25)11-4-5-12(20)13(21)9-11/h4-7,9,14,17,23H,2-3,8H2,1H3,(H,27,28)/t14-,17?/m1/s1. The molecule has 1 aromatic carbocycles. The second kappa shape index (κ2) is 7.14. The van der Waals surface area contributed by atoms with Crippen LogP contribution in [-0.2, 0) is 9.59 Å². The van der Waals surface area contributed by atoms with Crippen LogP contribution < -0.4 is 5.32 Å². The molecule has 2 aliphatic rings. The number of likely N-dealkylation sites (tertiary alicyclic amines) is 1. The van der Waals surface area contributed by atoms with E-state index in [4.69, 9.17) is 23.2 Å². The maximum absolute atomic E-state index is 13.5. The van der Waals surface area contributed by atoms with Gasteiger partial charge in [0, 0.05) is 18.3 Å². The largest absolute Gasteiger partial charge is 0.480 e. The van der Waals surface area contributed by atoms with Gasteiger partial charge in [-0.25, -0.2) is 9.48 Å². The van der Waals surface area contributed by atoms with Gasteiger partial charge in [0.15, 0.2) is 0 Å². The van der Waals surface area contributed by atoms with Crippen molar-refractivity contribution in [3.63, 3.8) is 0 Å². The lowest BCUT2D eigenvalue weighted by Gasteiger charge is -2.33. The molecule has 0 radical (unpaired) electrons. The number of fused-ring (bicyclic) bond motifs is 1. The first-order chi connectivity index (χ1) is 13.4. The van der Waals surface area contributed by atoms with Crippen LogP contribution in [0.5, 0.6) is 0 Å². The lowest BCUT2D eigenvalue weighted by molar-refractivity contribution is -0.147. The summed E-state index contributed by atoms with van der Waals surface area (Å²) < 4.78 is 1.70. The average molecular weight is 421 g/mol. The van der Waals surface area contributed by atoms with Crippen molar-refractivity contribution in [3.05, 3.63) is 57.3 Å². The van der Waals surface area contributed by atoms with Crippen LogP contribution in [0.2, 0.25) is 10.0 Å². The smallest absolute Gasteiger partial charge is 0.326 e. The summed E-state index contributed by atoms with van der Waals surface area (Å²) in [5.41, 5.74) is 1.85. The Labute approximate surface area is 171 Å². The Morgan fingerprint density at radius 2 is 2.04 bits per heavy atom. The minimum absolute atomic E-state index is 0.313. The molecule has 28 heavy (non-hydrogen) atoms. The van der Waals surface area contributed by atoms with E-state index < -0.39 is 18.1 Å². The molecule has 1 aromatic heterocycles. The molecule has 2 aliphatic heterocycles. The van der Waals surface area contributed by atoms with Gasteiger partial charge in [-0.05, 0) is 37.5 Å². The molecule has 0 aliphatic carbocycles. The van der Waals surface area contributed by atoms with Gasteiger partial charge < -0.3 is 15.3 Å². The summed E-state index contributed by atoms with van der Waals surface area (Å²) >= 11 is 12.3. The number of anilines is 1. The van der Waals surface area contributed by atoms with Gasteiger partial charge in [-0.2, -0.15) is 5.10 Å². The zero-order valence-electron chi connectivity index (χ0n) is 15.0. The summed E-state index contributed by atoms with van der Waals surface area (Å²) in [6, 6.07) is 5.65. The highest BCUT2D eigenvalue weighted by molar-refractivity contribution is 6.42. The highest BCUT2D eigenvalue weighted by atomic mass is 35.5. The van der Waals surface area contributed by atoms with E-state index in [1.807, 2.05) is 6.07 Å². The molecule has 4 rings (SSSR count). The summed E-state index contributed by atoms with van der Waals surface area (Å²) in [6.07, 6.45) is 2.75. The minimum atomic E-state index is -0.987. The van der Waals surface area contributed by atoms with E-state index >= 15 is 0 Å². The molecule has 2 N–H and O–H groups in total. The van der Waals surface area contributed by atoms with Gasteiger partial charge in [-0.15, -0.1) is 0 Å². The van der Waals surface area contributed by atoms with Crippen molar-refractivity contribution in [1.82, 2.24) is 14.7 Å². The number of carboxylic acids is 1. The number of aromatic nitrogens is 2. The molecule has 7 nitrogen and oxygen atoms in total. The van der Waals surface area contributed by atoms with Gasteiger partial charge in [0.2, 0.25) is 0 Å². The molecule has 0 saturated carbocycles. The van der Waals surface area contributed by atoms with E-state index in [0.717, 1.165) is 11.4 Å². The molecular formula is C19H18Cl2N4O3. The number of allylic oxidation sites excluding steroid dienone is 1. The molecule has 2 aromatic rings. The van der Waals surface area contributed by atoms with Crippen LogP contribution in [0.25, 0.3) is 0 Å². The van der Waals surface area contributed by atoms with E-state index in [-0.39, 0.29) is 5.91 Å². The lowest BCUT2D eigenvalue weighted by Crippen LogP contribution is -2.44. The Morgan fingerprint density at radius 1 is 1.25 bits per heavy atom. The van der Waals surface area contributed by atoms with Crippen LogP contribution in [0.1, 0.15) is 31.4 Å². The molecule has 1 unspecified atom stereocenters. The number of carboxylic acid groups (broad SMARTS) is 1. The number of aliphatic carboxylic acids is 1. The summed E-state index contributed by atoms with van der Waals surface area (Å²) in [4.78, 5) is 26.5. The van der Waals surface area contributed by atoms with Crippen LogP contribution >= 0.6 is 23.2 Å². The van der Waals surface area contributed by atoms with Crippen molar-refractivity contribution in [2.24, 2.45) is 0 Å². The maximum atomic E-state index is 13.5. The molecule has 1 fully saturated rings. The van der Waals surface area contributed by atoms with Crippen molar-refractivity contribution in [2.75, 3.05) is 11.9 Å². The number of rotatable bonds is 3. The molecule has 2 atom stereocenters. The number of benzene rings is 1. The predicted octanol–water partition coefficient (Wildman–Crippen LogP) is 3.55. The van der Waals surface area contributed by atoms with Gasteiger partial charge in [0.25, 0.3) is 5.91 Å². The van der Waals surface area contributed by atoms with E-state index in [1.165, 1.54) is 4.90 Å². The fourth-order valence-electron chi connectivity index (χ4n) is 3.89. The Kier molecular flexibility index (Phi) is 4.81. The van der Waals surface area contributed by atoms with E-state index in [2.05, 4.69) is 10.4 Å². The van der Waals surface area contributed by atoms with Crippen molar-refractivity contribution in [3.8, 4) is 0 Å². The van der Waals surface area contributed by atoms with Crippen LogP contribution in [0.15, 0.2) is 41.7 Å². The molecule has 146 valence electrons. The number of nitrogens with zero attached hydrogens (tertiary/aromatic N) is 3. The molecule has 1 saturated heterocycles. The lowest BCUT2D eigenvalue weighted by atomic mass is 9.94. The Balaban J connectivity index is 1.82. The van der Waals surface area contributed by atoms with Crippen LogP contribution in [0, 0.1) is 0 Å². The van der Waals surface area contributed by atoms with Crippen LogP contribution in [-0.4, -0.2) is 44.3 Å². The summed E-state index contributed by atoms with van der Waals surface area (Å²) in [6.45, 7) is 2.22. The summed E-state index contributed by atoms with van der Waals surface area (Å²) in [5, 5.41) is 17.8. The second-order valence-corrected chi connectivity index (χ2v) is 7.71. The summed E-state index contributed by atoms with van der Waals surface area (Å²) in [5.74, 6) is -0.563. The van der Waals surface area contributed by atoms with Gasteiger partial charge in [-0.1, -0.05) is 29.3 Å². The fraction of sp³-hybridized carbons (Fsp3) is 0.316. The van der Waals surface area contributed by atoms with Crippen LogP contribution in [0.3, 0.4) is 0 Å². The van der Waals surface area contributed by atoms with E-state index in [9.17, 15) is 14.7 Å². The van der Waals surface area contributed by atoms with Crippen LogP contribution in [0.4, 0.5) is 5.82 Å². The minimum Gasteiger partial charge on any atom is -0.480 e. The highest BCUT2D eigenvalue weighted by Crippen LogP contribution is 2.39. The Bertz CT molecular complexity index is 1000. The number of hydrogen-bond acceptors (Lipinski definition) is 4. The monoisotopic (exact) mass is 420 g/mol. The zero-order valence-corrected chi connectivity index (χ0v) is 16.5. The highest BCUT2D eigenvalue weighted by Gasteiger charge is 2.40. The number of nitrogens with one attached hydrogen (secondary N) is 1. The number of carbonyl (C=O) groups excluding carboxylic acids is 1. The Hall–Kier alpha value is -2.51. The maximum Gasteiger partial charge on any atom is 0.326 e. The molecule has 0 spiro atoms. The third-order valence-corrected chi connectivity index (χ3v) is 5.94. The number of amides is 1. The second-order valence-electron chi connectivity index (χ2n) is 6.90. The molecule has 0 bridgehead atoms. The normalized spacial score (nSPS) is 21.5. The first-order valence-corrected chi connectivity index (χ1v) is 9.64. The fourth-order valence-corrected chi connectivity index (χ4v) is 4.20. The third kappa shape index (κ3) is 3.04. The molecule has 3 heterocycles. The first-order valence-electron chi connectivity index (χ1n) is 8.88. The van der Waals surface area contributed by atoms with E-state index in [0.29, 0.717) is 40.7 Å². The zero-order chi connectivity index (χ0) is 20.0. The van der Waals surface area contributed by atoms with Crippen molar-refractivity contribution in [2.45, 2.75) is 31.8 Å². The SMILES string of the molecule is CC1=C(C(=O)N2CCC[C@@H]2C(=O)O)C(c2ccc(Cl)c(Cl)c2)n2nccc2N1. The molecular weight excluding hydrogens is 403 g/mol. The van der Waals surface area contributed by atoms with Gasteiger partial charge in [0.05, 0.1) is 21.8 Å². The van der Waals surface area contributed by atoms with E-state index in [1.54, 1.807) is 36.0 Å².